The summed E-state index contributed by atoms with van der Waals surface area (Å²) < 4.78 is 12.0. The lowest BCUT2D eigenvalue weighted by atomic mass is 10.0. The molecule has 0 aliphatic carbocycles. The number of esters is 1. The van der Waals surface area contributed by atoms with Crippen LogP contribution in [0.2, 0.25) is 0 Å². The van der Waals surface area contributed by atoms with Crippen molar-refractivity contribution >= 4 is 81.9 Å². The number of hydrogen-bond donors (Lipinski definition) is 8. The van der Waals surface area contributed by atoms with E-state index in [9.17, 15) is 43.2 Å². The van der Waals surface area contributed by atoms with Crippen LogP contribution in [-0.4, -0.2) is 113 Å². The summed E-state index contributed by atoms with van der Waals surface area (Å²) in [6.07, 6.45) is 23.7. The van der Waals surface area contributed by atoms with Gasteiger partial charge >= 0.3 is 5.97 Å². The number of rotatable bonds is 33. The molecule has 0 aromatic carbocycles. The highest BCUT2D eigenvalue weighted by atomic mass is 16.5. The van der Waals surface area contributed by atoms with Crippen LogP contribution in [0.1, 0.15) is 169 Å². The Bertz CT molecular complexity index is 2920. The van der Waals surface area contributed by atoms with E-state index in [1.807, 2.05) is 0 Å². The van der Waals surface area contributed by atoms with Gasteiger partial charge in [0.2, 0.25) is 29.4 Å². The lowest BCUT2D eigenvalue weighted by Crippen LogP contribution is -2.29. The number of nitrogens with one attached hydrogen (secondary N) is 8. The molecule has 0 fully saturated rings. The third-order valence-electron chi connectivity index (χ3n) is 12.8. The predicted molar refractivity (Wildman–Crippen MR) is 298 cm³/mol. The summed E-state index contributed by atoms with van der Waals surface area (Å²) in [5.41, 5.74) is 1.63. The molecule has 5 heterocycles. The van der Waals surface area contributed by atoms with Crippen molar-refractivity contribution in [1.29, 1.82) is 0 Å². The molecule has 0 aliphatic heterocycles. The maximum absolute atomic E-state index is 13.3. The Labute approximate surface area is 459 Å². The minimum Gasteiger partial charge on any atom is -0.469 e. The van der Waals surface area contributed by atoms with E-state index in [1.54, 1.807) is 53.8 Å². The molecule has 0 saturated carbocycles. The lowest BCUT2D eigenvalue weighted by Gasteiger charge is -2.06. The normalized spacial score (nSPS) is 10.9. The van der Waals surface area contributed by atoms with E-state index in [-0.39, 0.29) is 90.9 Å². The number of carbonyl (C=O) groups is 9. The number of nitrogens with zero attached hydrogens (tertiary/aromatic N) is 7. The molecule has 8 amide bonds. The van der Waals surface area contributed by atoms with Crippen LogP contribution >= 0.6 is 0 Å². The zero-order valence-electron chi connectivity index (χ0n) is 46.5. The number of imidazole rings is 2. The number of carbonyl (C=O) groups excluding carboxylic acids is 9. The lowest BCUT2D eigenvalue weighted by molar-refractivity contribution is -0.140. The third kappa shape index (κ3) is 19.8. The zero-order valence-corrected chi connectivity index (χ0v) is 46.5. The Morgan fingerprint density at radius 1 is 0.405 bits per heavy atom. The first-order valence-electron chi connectivity index (χ1n) is 26.8. The summed E-state index contributed by atoms with van der Waals surface area (Å²) in [7, 11) is 9.33. The molecule has 25 heteroatoms. The van der Waals surface area contributed by atoms with Crippen molar-refractivity contribution < 1.29 is 47.9 Å². The van der Waals surface area contributed by atoms with Crippen LogP contribution in [0.25, 0.3) is 0 Å². The van der Waals surface area contributed by atoms with Crippen LogP contribution in [0.5, 0.6) is 0 Å². The Balaban J connectivity index is 0.979. The Morgan fingerprint density at radius 3 is 1.14 bits per heavy atom. The van der Waals surface area contributed by atoms with Gasteiger partial charge in [-0.2, -0.15) is 0 Å². The number of ether oxygens (including phenoxy) is 1. The van der Waals surface area contributed by atoms with E-state index in [0.717, 1.165) is 19.3 Å². The molecule has 5 aromatic heterocycles. The topological polar surface area (TPSA) is 310 Å². The van der Waals surface area contributed by atoms with Gasteiger partial charge in [-0.3, -0.25) is 43.2 Å². The summed E-state index contributed by atoms with van der Waals surface area (Å²) in [5.74, 6) is -3.78. The summed E-state index contributed by atoms with van der Waals surface area (Å²) in [5, 5.41) is 21.5. The monoisotopic (exact) mass is 1100 g/mol. The summed E-state index contributed by atoms with van der Waals surface area (Å²) in [6, 6.07) is 4.41. The van der Waals surface area contributed by atoms with Gasteiger partial charge in [0.25, 0.3) is 29.5 Å². The minimum atomic E-state index is -0.630. The summed E-state index contributed by atoms with van der Waals surface area (Å²) in [6.45, 7) is 2.25. The van der Waals surface area contributed by atoms with Gasteiger partial charge in [0.15, 0.2) is 11.6 Å². The highest BCUT2D eigenvalue weighted by Gasteiger charge is 2.22. The number of aryl methyl sites for hydroxylation is 5. The molecule has 0 saturated heterocycles. The zero-order chi connectivity index (χ0) is 57.4. The van der Waals surface area contributed by atoms with E-state index in [4.69, 9.17) is 0 Å². The standard InChI is InChI=1S/C54H77N15O10/c1-8-9-10-11-12-13-14-15-16-17-18-19-20-21-44(70)61-42-34-68(5)48(63-42)53(77)59-38-30-41(67(4)33-38)51(75)56-26-23-46(72)62-43-35-69(6)49(64-43)54(78)60-37-29-40(66(3)32-37)50(74)55-25-22-45(71)58-36-28-39(65(2)31-36)52(76)57-27-24-47(73)79-7/h28-35H,8-27H2,1-7H3,(H,55,74)(H,56,75)(H,57,76)(H,58,71)(H,59,77)(H,60,78)(H,61,70)(H,62,72). The average molecular weight is 1100 g/mol. The van der Waals surface area contributed by atoms with E-state index in [0.29, 0.717) is 17.8 Å². The molecule has 428 valence electrons. The molecule has 79 heavy (non-hydrogen) atoms. The van der Waals surface area contributed by atoms with Gasteiger partial charge in [-0.1, -0.05) is 84.0 Å². The van der Waals surface area contributed by atoms with Crippen LogP contribution < -0.4 is 42.5 Å². The van der Waals surface area contributed by atoms with Crippen molar-refractivity contribution in [3.8, 4) is 0 Å². The van der Waals surface area contributed by atoms with Crippen molar-refractivity contribution in [2.75, 3.05) is 53.3 Å². The second kappa shape index (κ2) is 31.0. The van der Waals surface area contributed by atoms with Crippen LogP contribution in [0.15, 0.2) is 49.2 Å². The fraction of sp³-hybridized carbons (Fsp3) is 0.500. The molecular weight excluding hydrogens is 1020 g/mol. The molecule has 25 nitrogen and oxygen atoms in total. The molecule has 5 aromatic rings. The molecule has 0 bridgehead atoms. The van der Waals surface area contributed by atoms with E-state index in [1.165, 1.54) is 125 Å². The molecule has 0 spiro atoms. The van der Waals surface area contributed by atoms with Gasteiger partial charge in [0.1, 0.15) is 17.1 Å². The molecule has 8 N–H and O–H groups in total. The van der Waals surface area contributed by atoms with Gasteiger partial charge in [0.05, 0.1) is 30.6 Å². The van der Waals surface area contributed by atoms with Gasteiger partial charge in [0, 0.05) is 105 Å². The number of methoxy groups -OCH3 is 1. The van der Waals surface area contributed by atoms with E-state index >= 15 is 0 Å². The Morgan fingerprint density at radius 2 is 0.747 bits per heavy atom. The van der Waals surface area contributed by atoms with Crippen molar-refractivity contribution in [2.24, 2.45) is 35.2 Å². The molecule has 0 unspecified atom stereocenters. The van der Waals surface area contributed by atoms with Crippen LogP contribution in [-0.2, 0) is 59.2 Å². The first-order valence-corrected chi connectivity index (χ1v) is 26.8. The van der Waals surface area contributed by atoms with Crippen LogP contribution in [0, 0.1) is 0 Å². The second-order valence-electron chi connectivity index (χ2n) is 19.4. The van der Waals surface area contributed by atoms with Crippen molar-refractivity contribution in [2.45, 2.75) is 116 Å². The minimum absolute atomic E-state index is 0.0108. The van der Waals surface area contributed by atoms with Crippen LogP contribution in [0.3, 0.4) is 0 Å². The first kappa shape index (κ1) is 61.3. The van der Waals surface area contributed by atoms with Gasteiger partial charge in [-0.25, -0.2) is 9.97 Å². The van der Waals surface area contributed by atoms with Gasteiger partial charge in [-0.15, -0.1) is 0 Å². The molecule has 0 radical (unpaired) electrons. The molecule has 0 atom stereocenters. The van der Waals surface area contributed by atoms with Crippen molar-refractivity contribution in [1.82, 2.24) is 48.8 Å². The Kier molecular flexibility index (Phi) is 24.1. The van der Waals surface area contributed by atoms with Crippen molar-refractivity contribution in [3.63, 3.8) is 0 Å². The number of anilines is 5. The number of amides is 8. The van der Waals surface area contributed by atoms with Gasteiger partial charge in [-0.05, 0) is 24.6 Å². The number of unbranched alkanes of at least 4 members (excludes halogenated alkanes) is 12. The smallest absolute Gasteiger partial charge is 0.307 e. The third-order valence-corrected chi connectivity index (χ3v) is 12.8. The van der Waals surface area contributed by atoms with E-state index < -0.39 is 47.3 Å². The van der Waals surface area contributed by atoms with Gasteiger partial charge < -0.3 is 70.1 Å². The highest BCUT2D eigenvalue weighted by molar-refractivity contribution is 6.05. The molecule has 5 rings (SSSR count). The predicted octanol–water partition coefficient (Wildman–Crippen LogP) is 5.90. The number of hydrogen-bond acceptors (Lipinski definition) is 12. The SMILES string of the molecule is CCCCCCCCCCCCCCCC(=O)Nc1cn(C)c(C(=O)Nc2cc(C(=O)NCCC(=O)Nc3cn(C)c(C(=O)Nc4cc(C(=O)NCCC(=O)Nc5cc(C(=O)NCCC(=O)OC)n(C)c5)n(C)c4)n3)n(C)c2)n1. The highest BCUT2D eigenvalue weighted by Crippen LogP contribution is 2.19. The quantitative estimate of drug-likeness (QED) is 0.0180. The fourth-order valence-electron chi connectivity index (χ4n) is 8.59. The largest absolute Gasteiger partial charge is 0.469 e. The maximum atomic E-state index is 13.3. The first-order chi connectivity index (χ1) is 37.8. The van der Waals surface area contributed by atoms with Crippen molar-refractivity contribution in [3.05, 3.63) is 77.9 Å². The summed E-state index contributed by atoms with van der Waals surface area (Å²) in [4.78, 5) is 123. The average Bonchev–Trinajstić information content (AvgIpc) is 4.23. The molecule has 0 aliphatic rings. The fourth-order valence-corrected chi connectivity index (χ4v) is 8.59. The Hall–Kier alpha value is -8.51. The maximum Gasteiger partial charge on any atom is 0.307 e. The molecular formula is C54H77N15O10. The van der Waals surface area contributed by atoms with Crippen LogP contribution in [0.4, 0.5) is 28.7 Å². The summed E-state index contributed by atoms with van der Waals surface area (Å²) >= 11 is 0. The van der Waals surface area contributed by atoms with E-state index in [2.05, 4.69) is 64.2 Å². The number of aromatic nitrogens is 7. The second-order valence-corrected chi connectivity index (χ2v) is 19.4.